The van der Waals surface area contributed by atoms with Crippen LogP contribution in [0.2, 0.25) is 0 Å². The Labute approximate surface area is 86.7 Å². The van der Waals surface area contributed by atoms with Crippen molar-refractivity contribution in [2.24, 2.45) is 5.11 Å². The Morgan fingerprint density at radius 2 is 2.40 bits per heavy atom. The molecular weight excluding hydrogens is 205 g/mol. The second-order valence-electron chi connectivity index (χ2n) is 2.91. The lowest BCUT2D eigenvalue weighted by atomic mass is 10.2. The second-order valence-corrected chi connectivity index (χ2v) is 2.91. The summed E-state index contributed by atoms with van der Waals surface area (Å²) in [4.78, 5) is 12.9. The van der Waals surface area contributed by atoms with E-state index in [2.05, 4.69) is 10.0 Å². The van der Waals surface area contributed by atoms with Crippen molar-refractivity contribution in [2.45, 2.75) is 32.0 Å². The Kier molecular flexibility index (Phi) is 7.31. The summed E-state index contributed by atoms with van der Waals surface area (Å²) in [5, 5.41) is 11.6. The standard InChI is InChI=1S/C8H14FN3O3/c1-2-3-4-15-7(8(13)14)6(9)5-11-12-10/h6-7H,2-5H2,1H3,(H,13,14)/t6-,7+/m1/s1. The van der Waals surface area contributed by atoms with Crippen LogP contribution in [-0.2, 0) is 9.53 Å². The summed E-state index contributed by atoms with van der Waals surface area (Å²) in [6.07, 6.45) is -1.87. The van der Waals surface area contributed by atoms with Gasteiger partial charge in [-0.2, -0.15) is 0 Å². The molecule has 0 rings (SSSR count). The number of alkyl halides is 1. The third kappa shape index (κ3) is 5.87. The molecule has 0 radical (unpaired) electrons. The summed E-state index contributed by atoms with van der Waals surface area (Å²) in [5.41, 5.74) is 7.95. The predicted octanol–water partition coefficient (Wildman–Crippen LogP) is 1.90. The first kappa shape index (κ1) is 13.7. The maximum atomic E-state index is 13.2. The third-order valence-corrected chi connectivity index (χ3v) is 1.69. The van der Waals surface area contributed by atoms with Crippen molar-refractivity contribution < 1.29 is 19.0 Å². The van der Waals surface area contributed by atoms with Gasteiger partial charge in [0.2, 0.25) is 0 Å². The number of hydrogen-bond donors (Lipinski definition) is 1. The fraction of sp³-hybridized carbons (Fsp3) is 0.875. The molecule has 0 spiro atoms. The summed E-state index contributed by atoms with van der Waals surface area (Å²) in [5.74, 6) is -1.38. The van der Waals surface area contributed by atoms with Crippen LogP contribution in [0, 0.1) is 0 Å². The minimum Gasteiger partial charge on any atom is -0.479 e. The summed E-state index contributed by atoms with van der Waals surface area (Å²) in [7, 11) is 0. The summed E-state index contributed by atoms with van der Waals surface area (Å²) >= 11 is 0. The van der Waals surface area contributed by atoms with Crippen molar-refractivity contribution >= 4 is 5.97 Å². The number of halogens is 1. The van der Waals surface area contributed by atoms with Crippen molar-refractivity contribution in [3.63, 3.8) is 0 Å². The first-order valence-electron chi connectivity index (χ1n) is 4.62. The molecule has 6 nitrogen and oxygen atoms in total. The lowest BCUT2D eigenvalue weighted by Crippen LogP contribution is -2.35. The van der Waals surface area contributed by atoms with Crippen LogP contribution in [0.1, 0.15) is 19.8 Å². The zero-order chi connectivity index (χ0) is 11.7. The van der Waals surface area contributed by atoms with Crippen LogP contribution < -0.4 is 0 Å². The van der Waals surface area contributed by atoms with Crippen LogP contribution in [0.25, 0.3) is 10.4 Å². The number of nitrogens with zero attached hydrogens (tertiary/aromatic N) is 3. The molecule has 0 aliphatic rings. The fourth-order valence-corrected chi connectivity index (χ4v) is 0.895. The molecule has 0 unspecified atom stereocenters. The molecule has 0 aliphatic carbocycles. The van der Waals surface area contributed by atoms with E-state index in [4.69, 9.17) is 15.4 Å². The molecule has 0 bridgehead atoms. The first-order chi connectivity index (χ1) is 7.13. The fourth-order valence-electron chi connectivity index (χ4n) is 0.895. The SMILES string of the molecule is CCCCO[C@H](C(=O)O)[C@H](F)CN=[N+]=[N-]. The van der Waals surface area contributed by atoms with Gasteiger partial charge in [-0.3, -0.25) is 0 Å². The third-order valence-electron chi connectivity index (χ3n) is 1.69. The van der Waals surface area contributed by atoms with Crippen LogP contribution in [0.5, 0.6) is 0 Å². The summed E-state index contributed by atoms with van der Waals surface area (Å²) in [6.45, 7) is 1.57. The number of carboxylic acids is 1. The van der Waals surface area contributed by atoms with E-state index in [0.29, 0.717) is 6.42 Å². The van der Waals surface area contributed by atoms with Crippen LogP contribution in [0.15, 0.2) is 5.11 Å². The van der Waals surface area contributed by atoms with Crippen molar-refractivity contribution in [3.8, 4) is 0 Å². The number of hydrogen-bond acceptors (Lipinski definition) is 3. The number of carboxylic acid groups (broad SMARTS) is 1. The second kappa shape index (κ2) is 8.02. The van der Waals surface area contributed by atoms with Gasteiger partial charge in [0.25, 0.3) is 0 Å². The Bertz CT molecular complexity index is 243. The number of rotatable bonds is 8. The molecule has 0 saturated heterocycles. The van der Waals surface area contributed by atoms with Gasteiger partial charge < -0.3 is 9.84 Å². The predicted molar refractivity (Wildman–Crippen MR) is 51.2 cm³/mol. The maximum absolute atomic E-state index is 13.2. The van der Waals surface area contributed by atoms with E-state index < -0.39 is 24.8 Å². The molecule has 0 aliphatic heterocycles. The van der Waals surface area contributed by atoms with Crippen LogP contribution >= 0.6 is 0 Å². The quantitative estimate of drug-likeness (QED) is 0.292. The average Bonchev–Trinajstić information content (AvgIpc) is 2.20. The van der Waals surface area contributed by atoms with Gasteiger partial charge >= 0.3 is 5.97 Å². The van der Waals surface area contributed by atoms with Crippen LogP contribution in [-0.4, -0.2) is 36.5 Å². The molecule has 0 aromatic carbocycles. The minimum absolute atomic E-state index is 0.185. The zero-order valence-corrected chi connectivity index (χ0v) is 8.47. The maximum Gasteiger partial charge on any atom is 0.335 e. The normalized spacial score (nSPS) is 14.0. The molecule has 2 atom stereocenters. The average molecular weight is 219 g/mol. The highest BCUT2D eigenvalue weighted by Gasteiger charge is 2.28. The molecule has 0 aromatic heterocycles. The Morgan fingerprint density at radius 1 is 1.73 bits per heavy atom. The number of azide groups is 1. The van der Waals surface area contributed by atoms with Crippen molar-refractivity contribution in [1.82, 2.24) is 0 Å². The van der Waals surface area contributed by atoms with E-state index >= 15 is 0 Å². The van der Waals surface area contributed by atoms with Crippen molar-refractivity contribution in [3.05, 3.63) is 10.4 Å². The van der Waals surface area contributed by atoms with Gasteiger partial charge in [0, 0.05) is 11.5 Å². The van der Waals surface area contributed by atoms with E-state index in [1.807, 2.05) is 6.92 Å². The molecular formula is C8H14FN3O3. The largest absolute Gasteiger partial charge is 0.479 e. The topological polar surface area (TPSA) is 95.3 Å². The lowest BCUT2D eigenvalue weighted by molar-refractivity contribution is -0.154. The lowest BCUT2D eigenvalue weighted by Gasteiger charge is -2.15. The molecule has 86 valence electrons. The molecule has 15 heavy (non-hydrogen) atoms. The van der Waals surface area contributed by atoms with E-state index in [0.717, 1.165) is 6.42 Å². The highest BCUT2D eigenvalue weighted by molar-refractivity contribution is 5.73. The van der Waals surface area contributed by atoms with Gasteiger partial charge in [0.05, 0.1) is 6.54 Å². The van der Waals surface area contributed by atoms with Crippen molar-refractivity contribution in [1.29, 1.82) is 0 Å². The molecule has 0 saturated carbocycles. The number of ether oxygens (including phenoxy) is 1. The number of carbonyl (C=O) groups is 1. The Morgan fingerprint density at radius 3 is 2.87 bits per heavy atom. The highest BCUT2D eigenvalue weighted by atomic mass is 19.1. The molecule has 0 aromatic rings. The van der Waals surface area contributed by atoms with Gasteiger partial charge in [0.15, 0.2) is 6.10 Å². The number of unbranched alkanes of at least 4 members (excludes halogenated alkanes) is 1. The van der Waals surface area contributed by atoms with Gasteiger partial charge in [-0.05, 0) is 12.0 Å². The monoisotopic (exact) mass is 219 g/mol. The van der Waals surface area contributed by atoms with E-state index in [9.17, 15) is 9.18 Å². The zero-order valence-electron chi connectivity index (χ0n) is 8.47. The number of aliphatic carboxylic acids is 1. The Hall–Kier alpha value is -1.33. The smallest absolute Gasteiger partial charge is 0.335 e. The van der Waals surface area contributed by atoms with E-state index in [1.54, 1.807) is 0 Å². The summed E-state index contributed by atoms with van der Waals surface area (Å²) in [6, 6.07) is 0. The molecule has 0 heterocycles. The van der Waals surface area contributed by atoms with Crippen molar-refractivity contribution in [2.75, 3.05) is 13.2 Å². The van der Waals surface area contributed by atoms with Crippen LogP contribution in [0.3, 0.4) is 0 Å². The molecule has 7 heteroatoms. The summed E-state index contributed by atoms with van der Waals surface area (Å²) < 4.78 is 18.0. The first-order valence-corrected chi connectivity index (χ1v) is 4.62. The van der Waals surface area contributed by atoms with Gasteiger partial charge in [0.1, 0.15) is 6.17 Å². The van der Waals surface area contributed by atoms with E-state index in [1.165, 1.54) is 0 Å². The minimum atomic E-state index is -1.81. The molecule has 0 fully saturated rings. The highest BCUT2D eigenvalue weighted by Crippen LogP contribution is 2.07. The van der Waals surface area contributed by atoms with Crippen LogP contribution in [0.4, 0.5) is 4.39 Å². The molecule has 1 N–H and O–H groups in total. The Balaban J connectivity index is 4.12. The molecule has 0 amide bonds. The van der Waals surface area contributed by atoms with E-state index in [-0.39, 0.29) is 6.61 Å². The van der Waals surface area contributed by atoms with Gasteiger partial charge in [-0.15, -0.1) is 0 Å². The van der Waals surface area contributed by atoms with Gasteiger partial charge in [-0.1, -0.05) is 18.5 Å². The van der Waals surface area contributed by atoms with Gasteiger partial charge in [-0.25, -0.2) is 9.18 Å².